The van der Waals surface area contributed by atoms with Crippen LogP contribution in [-0.2, 0) is 10.0 Å². The van der Waals surface area contributed by atoms with Gasteiger partial charge in [-0.05, 0) is 32.3 Å². The van der Waals surface area contributed by atoms with Gasteiger partial charge in [-0.3, -0.25) is 0 Å². The van der Waals surface area contributed by atoms with Crippen molar-refractivity contribution in [2.45, 2.75) is 39.0 Å². The quantitative estimate of drug-likeness (QED) is 0.882. The molecule has 0 aliphatic heterocycles. The third kappa shape index (κ3) is 3.93. The van der Waals surface area contributed by atoms with Crippen LogP contribution in [0.2, 0.25) is 0 Å². The minimum atomic E-state index is -3.47. The highest BCUT2D eigenvalue weighted by atomic mass is 32.2. The molecule has 0 aliphatic rings. The molecule has 0 radical (unpaired) electrons. The molecule has 0 fully saturated rings. The third-order valence-corrected chi connectivity index (χ3v) is 5.83. The van der Waals surface area contributed by atoms with Crippen molar-refractivity contribution in [3.05, 3.63) is 22.7 Å². The summed E-state index contributed by atoms with van der Waals surface area (Å²) in [7, 11) is -3.47. The van der Waals surface area contributed by atoms with Crippen LogP contribution in [0.4, 0.5) is 0 Å². The molecule has 0 bridgehead atoms. The molecule has 0 saturated carbocycles. The highest BCUT2D eigenvalue weighted by molar-refractivity contribution is 7.89. The van der Waals surface area contributed by atoms with Crippen LogP contribution in [-0.4, -0.2) is 20.1 Å². The Labute approximate surface area is 129 Å². The van der Waals surface area contributed by atoms with Crippen molar-refractivity contribution in [2.24, 2.45) is 5.92 Å². The number of aryl methyl sites for hydroxylation is 2. The van der Waals surface area contributed by atoms with Crippen LogP contribution in [0.25, 0.3) is 10.6 Å². The Morgan fingerprint density at radius 1 is 1.33 bits per heavy atom. The highest BCUT2D eigenvalue weighted by Crippen LogP contribution is 2.33. The van der Waals surface area contributed by atoms with E-state index in [1.54, 1.807) is 19.1 Å². The summed E-state index contributed by atoms with van der Waals surface area (Å²) in [5.41, 5.74) is 0.774. The molecule has 1 N–H and O–H groups in total. The van der Waals surface area contributed by atoms with Gasteiger partial charge in [-0.25, -0.2) is 13.1 Å². The van der Waals surface area contributed by atoms with Crippen molar-refractivity contribution >= 4 is 21.4 Å². The zero-order valence-corrected chi connectivity index (χ0v) is 14.3. The van der Waals surface area contributed by atoms with Gasteiger partial charge in [0.05, 0.1) is 15.5 Å². The van der Waals surface area contributed by atoms with Gasteiger partial charge in [0.2, 0.25) is 10.0 Å². The van der Waals surface area contributed by atoms with E-state index in [1.807, 2.05) is 6.92 Å². The lowest BCUT2D eigenvalue weighted by Crippen LogP contribution is -2.25. The number of sulfonamides is 1. The van der Waals surface area contributed by atoms with Gasteiger partial charge >= 0.3 is 0 Å². The first kappa shape index (κ1) is 16.2. The van der Waals surface area contributed by atoms with Crippen molar-refractivity contribution in [1.82, 2.24) is 9.88 Å². The molecule has 2 heterocycles. The molecule has 0 amide bonds. The van der Waals surface area contributed by atoms with Crippen molar-refractivity contribution in [1.29, 1.82) is 0 Å². The number of hydrogen-bond acceptors (Lipinski definition) is 5. The van der Waals surface area contributed by atoms with Gasteiger partial charge in [-0.15, -0.1) is 11.3 Å². The Bertz CT molecular complexity index is 714. The zero-order chi connectivity index (χ0) is 15.6. The maximum absolute atomic E-state index is 12.3. The Balaban J connectivity index is 2.22. The lowest BCUT2D eigenvalue weighted by molar-refractivity contribution is 0.428. The average molecular weight is 328 g/mol. The molecular weight excluding hydrogens is 308 g/mol. The second kappa shape index (κ2) is 6.29. The largest absolute Gasteiger partial charge is 0.355 e. The fourth-order valence-corrected chi connectivity index (χ4v) is 4.48. The van der Waals surface area contributed by atoms with Gasteiger partial charge in [0.1, 0.15) is 0 Å². The van der Waals surface area contributed by atoms with Crippen molar-refractivity contribution in [3.8, 4) is 10.6 Å². The van der Waals surface area contributed by atoms with E-state index in [9.17, 15) is 8.42 Å². The number of aromatic nitrogens is 1. The summed E-state index contributed by atoms with van der Waals surface area (Å²) in [6.07, 6.45) is 0.816. The number of rotatable bonds is 6. The molecule has 7 heteroatoms. The van der Waals surface area contributed by atoms with Crippen molar-refractivity contribution < 1.29 is 12.9 Å². The molecule has 0 atom stereocenters. The van der Waals surface area contributed by atoms with Crippen LogP contribution in [0.1, 0.15) is 30.8 Å². The first-order valence-electron chi connectivity index (χ1n) is 6.83. The number of nitrogens with one attached hydrogen (secondary N) is 1. The zero-order valence-electron chi connectivity index (χ0n) is 12.6. The first-order valence-corrected chi connectivity index (χ1v) is 9.13. The van der Waals surface area contributed by atoms with Gasteiger partial charge < -0.3 is 4.52 Å². The molecule has 0 spiro atoms. The molecule has 5 nitrogen and oxygen atoms in total. The normalized spacial score (nSPS) is 12.2. The minimum absolute atomic E-state index is 0.320. The lowest BCUT2D eigenvalue weighted by Gasteiger charge is -2.07. The summed E-state index contributed by atoms with van der Waals surface area (Å²) in [6.45, 7) is 8.21. The summed E-state index contributed by atoms with van der Waals surface area (Å²) in [5.74, 6) is 1.06. The van der Waals surface area contributed by atoms with E-state index >= 15 is 0 Å². The molecule has 0 aromatic carbocycles. The van der Waals surface area contributed by atoms with Crippen LogP contribution in [0.15, 0.2) is 21.6 Å². The summed E-state index contributed by atoms with van der Waals surface area (Å²) < 4.78 is 32.5. The molecule has 0 saturated heterocycles. The molecule has 0 aliphatic carbocycles. The third-order valence-electron chi connectivity index (χ3n) is 3.05. The van der Waals surface area contributed by atoms with Gasteiger partial charge in [0, 0.05) is 17.5 Å². The summed E-state index contributed by atoms with van der Waals surface area (Å²) in [6, 6.07) is 3.45. The summed E-state index contributed by atoms with van der Waals surface area (Å²) in [4.78, 5) is 1.84. The second-order valence-corrected chi connectivity index (χ2v) is 8.44. The van der Waals surface area contributed by atoms with Gasteiger partial charge in [-0.1, -0.05) is 19.0 Å². The molecular formula is C14H20N2O3S2. The Morgan fingerprint density at radius 2 is 2.05 bits per heavy atom. The summed E-state index contributed by atoms with van der Waals surface area (Å²) >= 11 is 1.39. The van der Waals surface area contributed by atoms with Gasteiger partial charge in [0.15, 0.2) is 5.76 Å². The molecule has 0 unspecified atom stereocenters. The maximum atomic E-state index is 12.3. The van der Waals surface area contributed by atoms with Crippen LogP contribution in [0, 0.1) is 19.8 Å². The number of thiophene rings is 1. The van der Waals surface area contributed by atoms with Crippen molar-refractivity contribution in [3.63, 3.8) is 0 Å². The Morgan fingerprint density at radius 3 is 2.62 bits per heavy atom. The number of hydrogen-bond donors (Lipinski definition) is 1. The predicted molar refractivity (Wildman–Crippen MR) is 83.9 cm³/mol. The molecule has 21 heavy (non-hydrogen) atoms. The molecule has 2 aromatic heterocycles. The first-order chi connectivity index (χ1) is 9.79. The molecule has 2 aromatic rings. The topological polar surface area (TPSA) is 72.2 Å². The Hall–Kier alpha value is -1.18. The van der Waals surface area contributed by atoms with E-state index in [-0.39, 0.29) is 0 Å². The maximum Gasteiger partial charge on any atom is 0.241 e. The Kier molecular flexibility index (Phi) is 4.85. The van der Waals surface area contributed by atoms with Crippen LogP contribution in [0.3, 0.4) is 0 Å². The molecule has 2 rings (SSSR count). The predicted octanol–water partition coefficient (Wildman–Crippen LogP) is 3.34. The molecule has 116 valence electrons. The van der Waals surface area contributed by atoms with E-state index in [0.717, 1.165) is 21.9 Å². The fraction of sp³-hybridized carbons (Fsp3) is 0.500. The van der Waals surface area contributed by atoms with Gasteiger partial charge in [-0.2, -0.15) is 0 Å². The SMILES string of the molecule is Cc1cc(-c2cc(S(=O)(=O)NCCC(C)C)c(C)s2)on1. The average Bonchev–Trinajstić information content (AvgIpc) is 2.95. The van der Waals surface area contributed by atoms with Gasteiger partial charge in [0.25, 0.3) is 0 Å². The van der Waals surface area contributed by atoms with E-state index < -0.39 is 10.0 Å². The monoisotopic (exact) mass is 328 g/mol. The number of nitrogens with zero attached hydrogens (tertiary/aromatic N) is 1. The summed E-state index contributed by atoms with van der Waals surface area (Å²) in [5, 5.41) is 3.83. The second-order valence-electron chi connectivity index (χ2n) is 5.44. The van der Waals surface area contributed by atoms with Crippen molar-refractivity contribution in [2.75, 3.05) is 6.54 Å². The van der Waals surface area contributed by atoms with E-state index in [0.29, 0.717) is 23.1 Å². The van der Waals surface area contributed by atoms with E-state index in [1.165, 1.54) is 11.3 Å². The fourth-order valence-electron chi connectivity index (χ4n) is 1.89. The smallest absolute Gasteiger partial charge is 0.241 e. The van der Waals surface area contributed by atoms with Crippen LogP contribution in [0.5, 0.6) is 0 Å². The minimum Gasteiger partial charge on any atom is -0.355 e. The van der Waals surface area contributed by atoms with E-state index in [2.05, 4.69) is 23.7 Å². The highest BCUT2D eigenvalue weighted by Gasteiger charge is 2.21. The standard InChI is InChI=1S/C14H20N2O3S2/c1-9(2)5-6-15-21(17,18)14-8-13(20-11(14)4)12-7-10(3)16-19-12/h7-9,15H,5-6H2,1-4H3. The van der Waals surface area contributed by atoms with E-state index in [4.69, 9.17) is 4.52 Å². The lowest BCUT2D eigenvalue weighted by atomic mass is 10.1. The van der Waals surface area contributed by atoms with Crippen LogP contribution < -0.4 is 4.72 Å². The van der Waals surface area contributed by atoms with Crippen LogP contribution >= 0.6 is 11.3 Å².